The third-order valence-corrected chi connectivity index (χ3v) is 5.56. The number of piperidine rings is 1. The van der Waals surface area contributed by atoms with Crippen molar-refractivity contribution in [3.8, 4) is 0 Å². The molecule has 2 aliphatic heterocycles. The SMILES string of the molecule is CCOCC1CCN(C)C2(C1)CN(Cc1cccnc1)C2.O=C(O)C(F)(F)F.O=C(O)C(F)(F)F. The predicted molar refractivity (Wildman–Crippen MR) is 111 cm³/mol. The van der Waals surface area contributed by atoms with Gasteiger partial charge in [-0.3, -0.25) is 14.8 Å². The molecular formula is C21H29F6N3O5. The zero-order valence-corrected chi connectivity index (χ0v) is 19.3. The maximum absolute atomic E-state index is 10.6. The fourth-order valence-corrected chi connectivity index (χ4v) is 3.85. The number of pyridine rings is 1. The normalized spacial score (nSPS) is 20.1. The second-order valence-corrected chi connectivity index (χ2v) is 8.28. The van der Waals surface area contributed by atoms with E-state index in [9.17, 15) is 26.3 Å². The van der Waals surface area contributed by atoms with E-state index in [-0.39, 0.29) is 0 Å². The number of hydrogen-bond donors (Lipinski definition) is 2. The number of alkyl halides is 6. The van der Waals surface area contributed by atoms with Crippen LogP contribution in [0.4, 0.5) is 26.3 Å². The number of likely N-dealkylation sites (tertiary alicyclic amines) is 2. The van der Waals surface area contributed by atoms with Gasteiger partial charge in [0.25, 0.3) is 0 Å². The maximum Gasteiger partial charge on any atom is 0.490 e. The molecule has 0 aliphatic carbocycles. The first kappa shape index (κ1) is 30.6. The van der Waals surface area contributed by atoms with Crippen LogP contribution in [0, 0.1) is 5.92 Å². The molecule has 1 aromatic rings. The summed E-state index contributed by atoms with van der Waals surface area (Å²) in [6.07, 6.45) is -3.78. The average Bonchev–Trinajstić information content (AvgIpc) is 2.73. The Labute approximate surface area is 198 Å². The fourth-order valence-electron chi connectivity index (χ4n) is 3.85. The van der Waals surface area contributed by atoms with Crippen molar-refractivity contribution in [1.29, 1.82) is 0 Å². The van der Waals surface area contributed by atoms with E-state index in [1.807, 2.05) is 18.5 Å². The molecular weight excluding hydrogens is 488 g/mol. The first-order valence-electron chi connectivity index (χ1n) is 10.6. The molecule has 2 fully saturated rings. The average molecular weight is 517 g/mol. The summed E-state index contributed by atoms with van der Waals surface area (Å²) in [5.74, 6) is -4.78. The van der Waals surface area contributed by atoms with Gasteiger partial charge in [-0.05, 0) is 50.9 Å². The van der Waals surface area contributed by atoms with Crippen molar-refractivity contribution in [2.75, 3.05) is 39.9 Å². The predicted octanol–water partition coefficient (Wildman–Crippen LogP) is 3.28. The topological polar surface area (TPSA) is 103 Å². The molecule has 0 bridgehead atoms. The Morgan fingerprint density at radius 2 is 1.69 bits per heavy atom. The van der Waals surface area contributed by atoms with Gasteiger partial charge in [-0.15, -0.1) is 0 Å². The summed E-state index contributed by atoms with van der Waals surface area (Å²) in [4.78, 5) is 27.1. The Balaban J connectivity index is 0.000000362. The van der Waals surface area contributed by atoms with E-state index in [1.54, 1.807) is 0 Å². The fraction of sp³-hybridized carbons (Fsp3) is 0.667. The van der Waals surface area contributed by atoms with Crippen LogP contribution in [-0.2, 0) is 20.9 Å². The highest BCUT2D eigenvalue weighted by Crippen LogP contribution is 2.38. The molecule has 1 unspecified atom stereocenters. The molecule has 3 heterocycles. The van der Waals surface area contributed by atoms with Crippen molar-refractivity contribution >= 4 is 11.9 Å². The van der Waals surface area contributed by atoms with Crippen LogP contribution in [0.25, 0.3) is 0 Å². The highest BCUT2D eigenvalue weighted by Gasteiger charge is 2.49. The quantitative estimate of drug-likeness (QED) is 0.574. The number of aromatic nitrogens is 1. The minimum atomic E-state index is -5.08. The van der Waals surface area contributed by atoms with E-state index in [0.29, 0.717) is 5.54 Å². The summed E-state index contributed by atoms with van der Waals surface area (Å²) in [6, 6.07) is 4.19. The molecule has 8 nitrogen and oxygen atoms in total. The molecule has 35 heavy (non-hydrogen) atoms. The van der Waals surface area contributed by atoms with Gasteiger partial charge in [0, 0.05) is 50.8 Å². The number of aliphatic carboxylic acids is 2. The summed E-state index contributed by atoms with van der Waals surface area (Å²) >= 11 is 0. The number of hydrogen-bond acceptors (Lipinski definition) is 6. The molecule has 0 amide bonds. The molecule has 2 N–H and O–H groups in total. The number of carboxylic acids is 2. The number of likely N-dealkylation sites (N-methyl/N-ethyl adjacent to an activating group) is 1. The Morgan fingerprint density at radius 3 is 2.11 bits per heavy atom. The van der Waals surface area contributed by atoms with Crippen molar-refractivity contribution in [2.24, 2.45) is 5.92 Å². The van der Waals surface area contributed by atoms with E-state index in [0.717, 1.165) is 25.7 Å². The van der Waals surface area contributed by atoms with Crippen LogP contribution in [0.1, 0.15) is 25.3 Å². The van der Waals surface area contributed by atoms with E-state index < -0.39 is 24.3 Å². The summed E-state index contributed by atoms with van der Waals surface area (Å²) in [6.45, 7) is 8.46. The van der Waals surface area contributed by atoms with Crippen molar-refractivity contribution in [2.45, 2.75) is 44.2 Å². The molecule has 14 heteroatoms. The van der Waals surface area contributed by atoms with Crippen molar-refractivity contribution in [3.63, 3.8) is 0 Å². The molecule has 1 aromatic heterocycles. The highest BCUT2D eigenvalue weighted by atomic mass is 19.4. The van der Waals surface area contributed by atoms with E-state index in [1.165, 1.54) is 38.0 Å². The first-order valence-corrected chi connectivity index (χ1v) is 10.6. The molecule has 0 saturated carbocycles. The Bertz CT molecular complexity index is 775. The second kappa shape index (κ2) is 13.0. The van der Waals surface area contributed by atoms with Gasteiger partial charge >= 0.3 is 24.3 Å². The molecule has 0 radical (unpaired) electrons. The second-order valence-electron chi connectivity index (χ2n) is 8.28. The highest BCUT2D eigenvalue weighted by molar-refractivity contribution is 5.73. The summed E-state index contributed by atoms with van der Waals surface area (Å²) in [5.41, 5.74) is 1.71. The van der Waals surface area contributed by atoms with Crippen LogP contribution in [0.2, 0.25) is 0 Å². The van der Waals surface area contributed by atoms with Crippen molar-refractivity contribution in [3.05, 3.63) is 30.1 Å². The monoisotopic (exact) mass is 517 g/mol. The Morgan fingerprint density at radius 1 is 1.14 bits per heavy atom. The molecule has 2 aliphatic rings. The molecule has 1 spiro atoms. The lowest BCUT2D eigenvalue weighted by molar-refractivity contribution is -0.193. The first-order chi connectivity index (χ1) is 16.1. The zero-order chi connectivity index (χ0) is 26.9. The minimum absolute atomic E-state index is 0.391. The smallest absolute Gasteiger partial charge is 0.475 e. The third-order valence-electron chi connectivity index (χ3n) is 5.56. The Kier molecular flexibility index (Phi) is 11.4. The van der Waals surface area contributed by atoms with Gasteiger partial charge in [-0.2, -0.15) is 26.3 Å². The van der Waals surface area contributed by atoms with Crippen LogP contribution in [-0.4, -0.2) is 94.7 Å². The standard InChI is InChI=1S/C17H27N3O.2C2HF3O2/c1-3-21-12-15-6-8-19(2)17(9-15)13-20(14-17)11-16-5-4-7-18-10-16;2*3-2(4,5)1(6)7/h4-5,7,10,15H,3,6,8-9,11-14H2,1-2H3;2*(H,6,7). The van der Waals surface area contributed by atoms with Crippen LogP contribution in [0.3, 0.4) is 0 Å². The van der Waals surface area contributed by atoms with Gasteiger partial charge in [-0.25, -0.2) is 9.59 Å². The molecule has 2 saturated heterocycles. The lowest BCUT2D eigenvalue weighted by Crippen LogP contribution is -2.71. The van der Waals surface area contributed by atoms with E-state index in [2.05, 4.69) is 34.8 Å². The number of nitrogens with zero attached hydrogens (tertiary/aromatic N) is 3. The number of ether oxygens (including phenoxy) is 1. The van der Waals surface area contributed by atoms with Crippen LogP contribution >= 0.6 is 0 Å². The number of carboxylic acid groups (broad SMARTS) is 2. The lowest BCUT2D eigenvalue weighted by atomic mass is 9.75. The maximum atomic E-state index is 10.6. The number of carbonyl (C=O) groups is 2. The van der Waals surface area contributed by atoms with Gasteiger partial charge in [0.15, 0.2) is 0 Å². The van der Waals surface area contributed by atoms with E-state index >= 15 is 0 Å². The lowest BCUT2D eigenvalue weighted by Gasteiger charge is -2.58. The molecule has 0 aromatic carbocycles. The van der Waals surface area contributed by atoms with Gasteiger partial charge in [0.05, 0.1) is 0 Å². The van der Waals surface area contributed by atoms with E-state index in [4.69, 9.17) is 24.5 Å². The molecule has 200 valence electrons. The third kappa shape index (κ3) is 10.4. The van der Waals surface area contributed by atoms with Gasteiger partial charge in [0.2, 0.25) is 0 Å². The van der Waals surface area contributed by atoms with Crippen LogP contribution < -0.4 is 0 Å². The zero-order valence-electron chi connectivity index (χ0n) is 19.3. The summed E-state index contributed by atoms with van der Waals surface area (Å²) in [7, 11) is 2.29. The van der Waals surface area contributed by atoms with Gasteiger partial charge < -0.3 is 14.9 Å². The summed E-state index contributed by atoms with van der Waals surface area (Å²) in [5, 5.41) is 14.2. The van der Waals surface area contributed by atoms with Crippen LogP contribution in [0.5, 0.6) is 0 Å². The molecule has 1 atom stereocenters. The largest absolute Gasteiger partial charge is 0.490 e. The van der Waals surface area contributed by atoms with Crippen molar-refractivity contribution in [1.82, 2.24) is 14.8 Å². The van der Waals surface area contributed by atoms with Gasteiger partial charge in [-0.1, -0.05) is 6.07 Å². The van der Waals surface area contributed by atoms with Crippen LogP contribution in [0.15, 0.2) is 24.5 Å². The number of halogens is 6. The molecule has 3 rings (SSSR count). The number of rotatable bonds is 5. The van der Waals surface area contributed by atoms with Crippen molar-refractivity contribution < 1.29 is 50.9 Å². The Hall–Kier alpha value is -2.45. The summed E-state index contributed by atoms with van der Waals surface area (Å²) < 4.78 is 69.1. The minimum Gasteiger partial charge on any atom is -0.475 e. The van der Waals surface area contributed by atoms with Gasteiger partial charge in [0.1, 0.15) is 0 Å².